The zero-order chi connectivity index (χ0) is 7.54. The van der Waals surface area contributed by atoms with Crippen molar-refractivity contribution in [3.05, 3.63) is 0 Å². The molecule has 0 amide bonds. The smallest absolute Gasteiger partial charge is 0.0112 e. The third-order valence-electron chi connectivity index (χ3n) is 0.729. The quantitative estimate of drug-likeness (QED) is 0.522. The fraction of sp³-hybridized carbons (Fsp3) is 1.00. The average molecular weight is 132 g/mol. The van der Waals surface area contributed by atoms with Gasteiger partial charge >= 0.3 is 0 Å². The van der Waals surface area contributed by atoms with E-state index in [9.17, 15) is 0 Å². The summed E-state index contributed by atoms with van der Waals surface area (Å²) < 4.78 is 0. The van der Waals surface area contributed by atoms with Crippen molar-refractivity contribution in [2.24, 2.45) is 0 Å². The molecule has 1 aliphatic rings. The first-order valence-electron chi connectivity index (χ1n) is 3.96. The van der Waals surface area contributed by atoms with Crippen molar-refractivity contribution in [2.75, 3.05) is 13.1 Å². The molecule has 1 rings (SSSR count). The molecule has 1 aliphatic heterocycles. The Kier molecular flexibility index (Phi) is 20.3. The van der Waals surface area contributed by atoms with Crippen LogP contribution >= 0.6 is 0 Å². The lowest BCUT2D eigenvalue weighted by Gasteiger charge is -1.81. The van der Waals surface area contributed by atoms with Crippen LogP contribution in [0.1, 0.15) is 34.1 Å². The monoisotopic (exact) mass is 132 g/mol. The van der Waals surface area contributed by atoms with E-state index in [1.165, 1.54) is 6.42 Å². The van der Waals surface area contributed by atoms with Gasteiger partial charge in [0.25, 0.3) is 0 Å². The number of rotatable bonds is 0. The van der Waals surface area contributed by atoms with E-state index in [0.717, 1.165) is 13.1 Å². The summed E-state index contributed by atoms with van der Waals surface area (Å²) in [5.41, 5.74) is 5.94. The maximum Gasteiger partial charge on any atom is 0.0112 e. The number of hydrogen-bond acceptors (Lipinski definition) is 2. The lowest BCUT2D eigenvalue weighted by molar-refractivity contribution is 0.689. The van der Waals surface area contributed by atoms with E-state index in [2.05, 4.69) is 10.9 Å². The summed E-state index contributed by atoms with van der Waals surface area (Å²) in [6, 6.07) is 0. The van der Waals surface area contributed by atoms with Crippen LogP contribution in [-0.2, 0) is 0 Å². The number of hydrogen-bond donors (Lipinski definition) is 2. The van der Waals surface area contributed by atoms with Crippen LogP contribution in [0.2, 0.25) is 0 Å². The number of hydrazine groups is 1. The summed E-state index contributed by atoms with van der Waals surface area (Å²) in [5.74, 6) is 0. The third-order valence-corrected chi connectivity index (χ3v) is 0.729. The van der Waals surface area contributed by atoms with Gasteiger partial charge in [0, 0.05) is 13.1 Å². The van der Waals surface area contributed by atoms with Crippen molar-refractivity contribution in [2.45, 2.75) is 34.1 Å². The van der Waals surface area contributed by atoms with Crippen molar-refractivity contribution >= 4 is 0 Å². The average Bonchev–Trinajstić information content (AvgIpc) is 2.51. The molecular formula is C7H20N2. The van der Waals surface area contributed by atoms with Gasteiger partial charge in [-0.05, 0) is 6.42 Å². The first-order chi connectivity index (χ1) is 4.50. The predicted molar refractivity (Wildman–Crippen MR) is 43.3 cm³/mol. The lowest BCUT2D eigenvalue weighted by atomic mass is 10.5. The molecular weight excluding hydrogens is 112 g/mol. The van der Waals surface area contributed by atoms with Crippen LogP contribution in [0.5, 0.6) is 0 Å². The highest BCUT2D eigenvalue weighted by Gasteiger charge is 1.91. The Hall–Kier alpha value is -0.0800. The van der Waals surface area contributed by atoms with Gasteiger partial charge in [-0.3, -0.25) is 10.9 Å². The van der Waals surface area contributed by atoms with Crippen molar-refractivity contribution < 1.29 is 0 Å². The van der Waals surface area contributed by atoms with Crippen molar-refractivity contribution in [3.63, 3.8) is 0 Å². The largest absolute Gasteiger partial charge is 0.258 e. The third kappa shape index (κ3) is 11.5. The minimum absolute atomic E-state index is 1.14. The molecule has 2 N–H and O–H groups in total. The van der Waals surface area contributed by atoms with Gasteiger partial charge in [0.15, 0.2) is 0 Å². The molecule has 58 valence electrons. The molecule has 9 heavy (non-hydrogen) atoms. The van der Waals surface area contributed by atoms with Gasteiger partial charge in [-0.1, -0.05) is 27.7 Å². The van der Waals surface area contributed by atoms with E-state index in [4.69, 9.17) is 0 Å². The molecule has 1 fully saturated rings. The summed E-state index contributed by atoms with van der Waals surface area (Å²) in [4.78, 5) is 0. The Bertz CT molecular complexity index is 18.5. The fourth-order valence-electron chi connectivity index (χ4n) is 0.442. The highest BCUT2D eigenvalue weighted by molar-refractivity contribution is 4.51. The molecule has 0 unspecified atom stereocenters. The van der Waals surface area contributed by atoms with E-state index in [0.29, 0.717) is 0 Å². The van der Waals surface area contributed by atoms with E-state index < -0.39 is 0 Å². The minimum Gasteiger partial charge on any atom is -0.258 e. The van der Waals surface area contributed by atoms with Gasteiger partial charge in [0.1, 0.15) is 0 Å². The van der Waals surface area contributed by atoms with E-state index >= 15 is 0 Å². The van der Waals surface area contributed by atoms with Crippen LogP contribution in [-0.4, -0.2) is 13.1 Å². The molecule has 0 atom stereocenters. The topological polar surface area (TPSA) is 24.1 Å². The van der Waals surface area contributed by atoms with E-state index in [1.807, 2.05) is 27.7 Å². The summed E-state index contributed by atoms with van der Waals surface area (Å²) in [5, 5.41) is 0. The minimum atomic E-state index is 1.14. The second-order valence-electron chi connectivity index (χ2n) is 1.21. The molecule has 0 aromatic rings. The van der Waals surface area contributed by atoms with Gasteiger partial charge in [0.2, 0.25) is 0 Å². The summed E-state index contributed by atoms with van der Waals surface area (Å²) >= 11 is 0. The van der Waals surface area contributed by atoms with Crippen LogP contribution in [0.15, 0.2) is 0 Å². The summed E-state index contributed by atoms with van der Waals surface area (Å²) in [6.45, 7) is 10.3. The first kappa shape index (κ1) is 11.7. The SMILES string of the molecule is C1CNNC1.CC.CC. The van der Waals surface area contributed by atoms with Crippen molar-refractivity contribution in [1.82, 2.24) is 10.9 Å². The van der Waals surface area contributed by atoms with Crippen LogP contribution < -0.4 is 10.9 Å². The fourth-order valence-corrected chi connectivity index (χ4v) is 0.442. The molecule has 1 heterocycles. The van der Waals surface area contributed by atoms with Crippen molar-refractivity contribution in [1.29, 1.82) is 0 Å². The predicted octanol–water partition coefficient (Wildman–Crippen LogP) is 1.54. The van der Waals surface area contributed by atoms with Crippen LogP contribution in [0.3, 0.4) is 0 Å². The second-order valence-corrected chi connectivity index (χ2v) is 1.21. The Balaban J connectivity index is 0. The van der Waals surface area contributed by atoms with Crippen molar-refractivity contribution in [3.8, 4) is 0 Å². The van der Waals surface area contributed by atoms with E-state index in [-0.39, 0.29) is 0 Å². The molecule has 0 aromatic heterocycles. The Labute approximate surface area is 59.0 Å². The molecule has 2 heteroatoms. The first-order valence-corrected chi connectivity index (χ1v) is 3.96. The van der Waals surface area contributed by atoms with Gasteiger partial charge in [-0.25, -0.2) is 0 Å². The van der Waals surface area contributed by atoms with E-state index in [1.54, 1.807) is 0 Å². The standard InChI is InChI=1S/C3H8N2.2C2H6/c1-2-4-5-3-1;2*1-2/h4-5H,1-3H2;2*1-2H3. The summed E-state index contributed by atoms with van der Waals surface area (Å²) in [7, 11) is 0. The highest BCUT2D eigenvalue weighted by atomic mass is 15.4. The molecule has 0 bridgehead atoms. The lowest BCUT2D eigenvalue weighted by Crippen LogP contribution is -2.21. The van der Waals surface area contributed by atoms with Crippen LogP contribution in [0, 0.1) is 0 Å². The van der Waals surface area contributed by atoms with Crippen LogP contribution in [0.4, 0.5) is 0 Å². The van der Waals surface area contributed by atoms with Gasteiger partial charge in [-0.2, -0.15) is 0 Å². The molecule has 0 radical (unpaired) electrons. The molecule has 0 aromatic carbocycles. The van der Waals surface area contributed by atoms with Gasteiger partial charge in [0.05, 0.1) is 0 Å². The molecule has 0 aliphatic carbocycles. The maximum atomic E-state index is 2.97. The maximum absolute atomic E-state index is 2.97. The Morgan fingerprint density at radius 2 is 1.11 bits per heavy atom. The van der Waals surface area contributed by atoms with Gasteiger partial charge < -0.3 is 0 Å². The van der Waals surface area contributed by atoms with Crippen LogP contribution in [0.25, 0.3) is 0 Å². The zero-order valence-electron chi connectivity index (χ0n) is 7.12. The Morgan fingerprint density at radius 1 is 0.778 bits per heavy atom. The molecule has 0 spiro atoms. The highest BCUT2D eigenvalue weighted by Crippen LogP contribution is 1.74. The molecule has 2 nitrogen and oxygen atoms in total. The summed E-state index contributed by atoms with van der Waals surface area (Å²) in [6.07, 6.45) is 1.28. The Morgan fingerprint density at radius 3 is 1.22 bits per heavy atom. The zero-order valence-corrected chi connectivity index (χ0v) is 7.12. The number of nitrogens with one attached hydrogen (secondary N) is 2. The second kappa shape index (κ2) is 15.7. The normalized spacial score (nSPS) is 14.7. The molecule has 1 saturated heterocycles. The van der Waals surface area contributed by atoms with Gasteiger partial charge in [-0.15, -0.1) is 0 Å². The molecule has 0 saturated carbocycles.